The van der Waals surface area contributed by atoms with Gasteiger partial charge in [-0.05, 0) is 55.9 Å². The van der Waals surface area contributed by atoms with Crippen molar-refractivity contribution in [3.63, 3.8) is 0 Å². The summed E-state index contributed by atoms with van der Waals surface area (Å²) in [5.74, 6) is 1.68. The highest BCUT2D eigenvalue weighted by molar-refractivity contribution is 5.94. The molecule has 1 saturated carbocycles. The van der Waals surface area contributed by atoms with Gasteiger partial charge in [-0.15, -0.1) is 0 Å². The fraction of sp³-hybridized carbons (Fsp3) is 0.652. The SMILES string of the molecule is COc1ccc(C(=O)NC[C@@H]2CC[C@H](CC(=O)N3CCOCC3)N2CC2CC2)cc1. The summed E-state index contributed by atoms with van der Waals surface area (Å²) in [4.78, 5) is 29.8. The third kappa shape index (κ3) is 5.32. The first-order valence-electron chi connectivity index (χ1n) is 11.2. The maximum absolute atomic E-state index is 12.8. The molecule has 1 aromatic carbocycles. The zero-order valence-electron chi connectivity index (χ0n) is 17.8. The van der Waals surface area contributed by atoms with Gasteiger partial charge in [-0.3, -0.25) is 14.5 Å². The molecule has 7 heteroatoms. The third-order valence-corrected chi connectivity index (χ3v) is 6.56. The van der Waals surface area contributed by atoms with Gasteiger partial charge in [0.05, 0.1) is 20.3 Å². The Morgan fingerprint density at radius 2 is 1.77 bits per heavy atom. The number of hydrogen-bond donors (Lipinski definition) is 1. The minimum atomic E-state index is -0.0585. The van der Waals surface area contributed by atoms with Crippen LogP contribution in [0.5, 0.6) is 5.75 Å². The van der Waals surface area contributed by atoms with Gasteiger partial charge < -0.3 is 19.7 Å². The van der Waals surface area contributed by atoms with Crippen LogP contribution < -0.4 is 10.1 Å². The van der Waals surface area contributed by atoms with Crippen LogP contribution in [-0.2, 0) is 9.53 Å². The second kappa shape index (κ2) is 9.79. The number of methoxy groups -OCH3 is 1. The number of benzene rings is 1. The van der Waals surface area contributed by atoms with Crippen LogP contribution in [0.25, 0.3) is 0 Å². The van der Waals surface area contributed by atoms with Crippen LogP contribution >= 0.6 is 0 Å². The lowest BCUT2D eigenvalue weighted by Crippen LogP contribution is -2.47. The molecule has 1 aromatic rings. The van der Waals surface area contributed by atoms with Crippen LogP contribution in [0.4, 0.5) is 0 Å². The normalized spacial score (nSPS) is 24.6. The lowest BCUT2D eigenvalue weighted by atomic mass is 10.1. The van der Waals surface area contributed by atoms with Crippen molar-refractivity contribution in [1.82, 2.24) is 15.1 Å². The molecule has 2 heterocycles. The molecule has 7 nitrogen and oxygen atoms in total. The summed E-state index contributed by atoms with van der Waals surface area (Å²) in [7, 11) is 1.61. The zero-order valence-corrected chi connectivity index (χ0v) is 17.8. The quantitative estimate of drug-likeness (QED) is 0.702. The summed E-state index contributed by atoms with van der Waals surface area (Å²) in [5, 5.41) is 3.11. The molecular formula is C23H33N3O4. The van der Waals surface area contributed by atoms with E-state index in [0.29, 0.717) is 50.9 Å². The molecule has 2 saturated heterocycles. The molecule has 0 bridgehead atoms. The van der Waals surface area contributed by atoms with E-state index >= 15 is 0 Å². The van der Waals surface area contributed by atoms with Gasteiger partial charge in [0.2, 0.25) is 5.91 Å². The highest BCUT2D eigenvalue weighted by atomic mass is 16.5. The van der Waals surface area contributed by atoms with Gasteiger partial charge in [-0.1, -0.05) is 0 Å². The maximum Gasteiger partial charge on any atom is 0.251 e. The van der Waals surface area contributed by atoms with Crippen molar-refractivity contribution in [3.8, 4) is 5.75 Å². The number of hydrogen-bond acceptors (Lipinski definition) is 5. The zero-order chi connectivity index (χ0) is 20.9. The Bertz CT molecular complexity index is 728. The summed E-state index contributed by atoms with van der Waals surface area (Å²) in [6, 6.07) is 7.76. The lowest BCUT2D eigenvalue weighted by Gasteiger charge is -2.33. The summed E-state index contributed by atoms with van der Waals surface area (Å²) < 4.78 is 10.5. The van der Waals surface area contributed by atoms with Crippen molar-refractivity contribution >= 4 is 11.8 Å². The van der Waals surface area contributed by atoms with E-state index in [0.717, 1.165) is 31.1 Å². The van der Waals surface area contributed by atoms with Crippen molar-refractivity contribution < 1.29 is 19.1 Å². The van der Waals surface area contributed by atoms with E-state index in [-0.39, 0.29) is 17.9 Å². The van der Waals surface area contributed by atoms with Crippen LogP contribution in [-0.4, -0.2) is 80.2 Å². The standard InChI is InChI=1S/C23H33N3O4/c1-29-21-8-4-18(5-9-21)23(28)24-15-20-7-6-19(26(20)16-17-2-3-17)14-22(27)25-10-12-30-13-11-25/h4-5,8-9,17,19-20H,2-3,6-7,10-16H2,1H3,(H,24,28)/t19-,20+/m1/s1. The molecule has 2 amide bonds. The van der Waals surface area contributed by atoms with Crippen LogP contribution in [0.1, 0.15) is 42.5 Å². The van der Waals surface area contributed by atoms with Gasteiger partial charge in [-0.25, -0.2) is 0 Å². The van der Waals surface area contributed by atoms with Crippen molar-refractivity contribution in [2.24, 2.45) is 5.92 Å². The molecular weight excluding hydrogens is 382 g/mol. The Morgan fingerprint density at radius 1 is 1.07 bits per heavy atom. The number of ether oxygens (including phenoxy) is 2. The molecule has 0 aromatic heterocycles. The Balaban J connectivity index is 1.32. The molecule has 0 unspecified atom stereocenters. The van der Waals surface area contributed by atoms with Gasteiger partial charge in [0.25, 0.3) is 5.91 Å². The summed E-state index contributed by atoms with van der Waals surface area (Å²) in [5.41, 5.74) is 0.640. The fourth-order valence-corrected chi connectivity index (χ4v) is 4.55. The van der Waals surface area contributed by atoms with Crippen molar-refractivity contribution in [3.05, 3.63) is 29.8 Å². The number of likely N-dealkylation sites (tertiary alicyclic amines) is 1. The molecule has 0 radical (unpaired) electrons. The summed E-state index contributed by atoms with van der Waals surface area (Å²) in [6.07, 6.45) is 5.19. The minimum Gasteiger partial charge on any atom is -0.497 e. The molecule has 3 aliphatic rings. The van der Waals surface area contributed by atoms with E-state index in [2.05, 4.69) is 10.2 Å². The van der Waals surface area contributed by atoms with Gasteiger partial charge in [0, 0.05) is 50.2 Å². The minimum absolute atomic E-state index is 0.0585. The van der Waals surface area contributed by atoms with Crippen molar-refractivity contribution in [2.75, 3.05) is 46.5 Å². The van der Waals surface area contributed by atoms with Crippen LogP contribution in [0.15, 0.2) is 24.3 Å². The number of morpholine rings is 1. The molecule has 30 heavy (non-hydrogen) atoms. The number of amides is 2. The third-order valence-electron chi connectivity index (χ3n) is 6.56. The topological polar surface area (TPSA) is 71.1 Å². The monoisotopic (exact) mass is 415 g/mol. The van der Waals surface area contributed by atoms with E-state index in [1.165, 1.54) is 12.8 Å². The Hall–Kier alpha value is -2.12. The fourth-order valence-electron chi connectivity index (χ4n) is 4.55. The highest BCUT2D eigenvalue weighted by Crippen LogP contribution is 2.35. The summed E-state index contributed by atoms with van der Waals surface area (Å²) in [6.45, 7) is 4.36. The highest BCUT2D eigenvalue weighted by Gasteiger charge is 2.38. The van der Waals surface area contributed by atoms with E-state index in [4.69, 9.17) is 9.47 Å². The van der Waals surface area contributed by atoms with Gasteiger partial charge >= 0.3 is 0 Å². The number of rotatable bonds is 8. The van der Waals surface area contributed by atoms with E-state index in [1.54, 1.807) is 31.4 Å². The number of carbonyl (C=O) groups excluding carboxylic acids is 2. The second-order valence-corrected chi connectivity index (χ2v) is 8.66. The van der Waals surface area contributed by atoms with E-state index < -0.39 is 0 Å². The average molecular weight is 416 g/mol. The van der Waals surface area contributed by atoms with E-state index in [9.17, 15) is 9.59 Å². The first kappa shape index (κ1) is 21.1. The van der Waals surface area contributed by atoms with Crippen LogP contribution in [0, 0.1) is 5.92 Å². The molecule has 0 spiro atoms. The first-order valence-corrected chi connectivity index (χ1v) is 11.2. The summed E-state index contributed by atoms with van der Waals surface area (Å²) >= 11 is 0. The Kier molecular flexibility index (Phi) is 6.89. The van der Waals surface area contributed by atoms with Crippen LogP contribution in [0.3, 0.4) is 0 Å². The number of nitrogens with one attached hydrogen (secondary N) is 1. The largest absolute Gasteiger partial charge is 0.497 e. The molecule has 1 N–H and O–H groups in total. The Labute approximate surface area is 178 Å². The Morgan fingerprint density at radius 3 is 2.43 bits per heavy atom. The average Bonchev–Trinajstić information content (AvgIpc) is 3.54. The maximum atomic E-state index is 12.8. The van der Waals surface area contributed by atoms with Gasteiger partial charge in [-0.2, -0.15) is 0 Å². The number of nitrogens with zero attached hydrogens (tertiary/aromatic N) is 2. The molecule has 2 atom stereocenters. The predicted molar refractivity (Wildman–Crippen MR) is 114 cm³/mol. The van der Waals surface area contributed by atoms with Crippen molar-refractivity contribution in [1.29, 1.82) is 0 Å². The lowest BCUT2D eigenvalue weighted by molar-refractivity contribution is -0.136. The molecule has 2 aliphatic heterocycles. The van der Waals surface area contributed by atoms with Crippen molar-refractivity contribution in [2.45, 2.75) is 44.2 Å². The van der Waals surface area contributed by atoms with E-state index in [1.807, 2.05) is 4.90 Å². The molecule has 1 aliphatic carbocycles. The molecule has 3 fully saturated rings. The predicted octanol–water partition coefficient (Wildman–Crippen LogP) is 1.92. The first-order chi connectivity index (χ1) is 14.6. The number of carbonyl (C=O) groups is 2. The smallest absolute Gasteiger partial charge is 0.251 e. The van der Waals surface area contributed by atoms with Crippen LogP contribution in [0.2, 0.25) is 0 Å². The second-order valence-electron chi connectivity index (χ2n) is 8.66. The molecule has 4 rings (SSSR count). The molecule has 164 valence electrons. The van der Waals surface area contributed by atoms with Gasteiger partial charge in [0.15, 0.2) is 0 Å². The van der Waals surface area contributed by atoms with Gasteiger partial charge in [0.1, 0.15) is 5.75 Å².